The van der Waals surface area contributed by atoms with Crippen LogP contribution < -0.4 is 16.8 Å². The molecule has 1 amide bonds. The van der Waals surface area contributed by atoms with Crippen molar-refractivity contribution in [3.63, 3.8) is 0 Å². The molecule has 2 aromatic rings. The lowest BCUT2D eigenvalue weighted by Gasteiger charge is -2.08. The largest absolute Gasteiger partial charge is 0.383 e. The molecule has 0 saturated heterocycles. The molecule has 1 aromatic carbocycles. The first-order valence-electron chi connectivity index (χ1n) is 6.53. The van der Waals surface area contributed by atoms with Gasteiger partial charge in [0.2, 0.25) is 5.91 Å². The molecule has 0 unspecified atom stereocenters. The minimum atomic E-state index is -0.102. The molecule has 2 rings (SSSR count). The number of rotatable bonds is 5. The van der Waals surface area contributed by atoms with E-state index in [9.17, 15) is 4.79 Å². The molecule has 5 N–H and O–H groups in total. The highest BCUT2D eigenvalue weighted by Gasteiger charge is 2.07. The SMILES string of the molecule is Cc1ccc(Cl)cc1NC(=O)CCSc1nc(N)cc(N)n1. The first kappa shape index (κ1) is 16.4. The van der Waals surface area contributed by atoms with Crippen molar-refractivity contribution >= 4 is 46.6 Å². The molecule has 0 atom stereocenters. The topological polar surface area (TPSA) is 107 Å². The van der Waals surface area contributed by atoms with Crippen molar-refractivity contribution < 1.29 is 4.79 Å². The summed E-state index contributed by atoms with van der Waals surface area (Å²) in [7, 11) is 0. The van der Waals surface area contributed by atoms with Crippen LogP contribution in [0.3, 0.4) is 0 Å². The maximum Gasteiger partial charge on any atom is 0.225 e. The summed E-state index contributed by atoms with van der Waals surface area (Å²) in [5.41, 5.74) is 12.8. The summed E-state index contributed by atoms with van der Waals surface area (Å²) >= 11 is 7.24. The number of hydrogen-bond acceptors (Lipinski definition) is 6. The highest BCUT2D eigenvalue weighted by atomic mass is 35.5. The Bertz CT molecular complexity index is 675. The minimum absolute atomic E-state index is 0.102. The minimum Gasteiger partial charge on any atom is -0.383 e. The van der Waals surface area contributed by atoms with Crippen molar-refractivity contribution in [2.24, 2.45) is 0 Å². The standard InChI is InChI=1S/C14H16ClN5OS/c1-8-2-3-9(15)6-10(8)18-13(21)4-5-22-14-19-11(16)7-12(17)20-14/h2-3,6-7H,4-5H2,1H3,(H,18,21)(H4,16,17,19,20). The van der Waals surface area contributed by atoms with Crippen LogP contribution in [0.25, 0.3) is 0 Å². The fourth-order valence-electron chi connectivity index (χ4n) is 1.70. The molecule has 0 spiro atoms. The van der Waals surface area contributed by atoms with Crippen LogP contribution in [0.2, 0.25) is 5.02 Å². The van der Waals surface area contributed by atoms with E-state index in [1.54, 1.807) is 12.1 Å². The number of nitrogen functional groups attached to an aromatic ring is 2. The summed E-state index contributed by atoms with van der Waals surface area (Å²) in [6, 6.07) is 6.85. The van der Waals surface area contributed by atoms with Crippen LogP contribution in [0, 0.1) is 6.92 Å². The van der Waals surface area contributed by atoms with Crippen molar-refractivity contribution in [1.29, 1.82) is 0 Å². The molecule has 0 radical (unpaired) electrons. The van der Waals surface area contributed by atoms with E-state index < -0.39 is 0 Å². The van der Waals surface area contributed by atoms with Crippen molar-refractivity contribution in [3.8, 4) is 0 Å². The normalized spacial score (nSPS) is 10.5. The number of anilines is 3. The van der Waals surface area contributed by atoms with Gasteiger partial charge in [0.25, 0.3) is 0 Å². The van der Waals surface area contributed by atoms with Gasteiger partial charge in [-0.05, 0) is 24.6 Å². The van der Waals surface area contributed by atoms with Crippen LogP contribution >= 0.6 is 23.4 Å². The number of aryl methyl sites for hydroxylation is 1. The summed E-state index contributed by atoms with van der Waals surface area (Å²) < 4.78 is 0. The molecule has 0 bridgehead atoms. The van der Waals surface area contributed by atoms with E-state index in [1.165, 1.54) is 17.8 Å². The molecule has 0 aliphatic rings. The van der Waals surface area contributed by atoms with Gasteiger partial charge in [-0.15, -0.1) is 0 Å². The van der Waals surface area contributed by atoms with E-state index >= 15 is 0 Å². The molecule has 0 aliphatic carbocycles. The number of nitrogens with two attached hydrogens (primary N) is 2. The highest BCUT2D eigenvalue weighted by Crippen LogP contribution is 2.21. The third-order valence-electron chi connectivity index (χ3n) is 2.78. The average molecular weight is 338 g/mol. The van der Waals surface area contributed by atoms with Gasteiger partial charge < -0.3 is 16.8 Å². The van der Waals surface area contributed by atoms with E-state index in [1.807, 2.05) is 13.0 Å². The van der Waals surface area contributed by atoms with Gasteiger partial charge in [0.05, 0.1) is 0 Å². The van der Waals surface area contributed by atoms with Gasteiger partial charge in [0, 0.05) is 29.0 Å². The van der Waals surface area contributed by atoms with Gasteiger partial charge in [0.15, 0.2) is 5.16 Å². The van der Waals surface area contributed by atoms with E-state index in [4.69, 9.17) is 23.1 Å². The number of aromatic nitrogens is 2. The number of carbonyl (C=O) groups is 1. The Labute approximate surface area is 137 Å². The van der Waals surface area contributed by atoms with E-state index in [0.717, 1.165) is 5.56 Å². The molecule has 0 aliphatic heterocycles. The smallest absolute Gasteiger partial charge is 0.225 e. The number of nitrogens with zero attached hydrogens (tertiary/aromatic N) is 2. The van der Waals surface area contributed by atoms with Gasteiger partial charge in [-0.1, -0.05) is 29.4 Å². The number of benzene rings is 1. The van der Waals surface area contributed by atoms with Crippen LogP contribution in [0.1, 0.15) is 12.0 Å². The zero-order chi connectivity index (χ0) is 16.1. The Balaban J connectivity index is 1.86. The predicted molar refractivity (Wildman–Crippen MR) is 91.0 cm³/mol. The number of amides is 1. The first-order chi connectivity index (χ1) is 10.4. The first-order valence-corrected chi connectivity index (χ1v) is 7.89. The monoisotopic (exact) mass is 337 g/mol. The number of halogens is 1. The van der Waals surface area contributed by atoms with Gasteiger partial charge in [-0.3, -0.25) is 4.79 Å². The Hall–Kier alpha value is -1.99. The van der Waals surface area contributed by atoms with Crippen molar-refractivity contribution in [1.82, 2.24) is 9.97 Å². The zero-order valence-corrected chi connectivity index (χ0v) is 13.5. The molecule has 0 fully saturated rings. The van der Waals surface area contributed by atoms with E-state index in [0.29, 0.717) is 39.7 Å². The molecule has 116 valence electrons. The van der Waals surface area contributed by atoms with Gasteiger partial charge >= 0.3 is 0 Å². The maximum absolute atomic E-state index is 11.9. The Kier molecular flexibility index (Phi) is 5.46. The van der Waals surface area contributed by atoms with Crippen LogP contribution in [-0.4, -0.2) is 21.6 Å². The third-order valence-corrected chi connectivity index (χ3v) is 3.86. The highest BCUT2D eigenvalue weighted by molar-refractivity contribution is 7.99. The Morgan fingerprint density at radius 3 is 2.64 bits per heavy atom. The Morgan fingerprint density at radius 2 is 1.95 bits per heavy atom. The summed E-state index contributed by atoms with van der Waals surface area (Å²) in [6.45, 7) is 1.91. The quantitative estimate of drug-likeness (QED) is 0.572. The molecule has 8 heteroatoms. The fraction of sp³-hybridized carbons (Fsp3) is 0.214. The van der Waals surface area contributed by atoms with E-state index in [-0.39, 0.29) is 5.91 Å². The second-order valence-corrected chi connectivity index (χ2v) is 6.10. The predicted octanol–water partition coefficient (Wildman–Crippen LogP) is 2.72. The number of hydrogen-bond donors (Lipinski definition) is 3. The maximum atomic E-state index is 11.9. The molecular weight excluding hydrogens is 322 g/mol. The summed E-state index contributed by atoms with van der Waals surface area (Å²) in [5.74, 6) is 1.05. The molecule has 1 heterocycles. The summed E-state index contributed by atoms with van der Waals surface area (Å²) in [5, 5.41) is 3.88. The molecule has 0 saturated carbocycles. The van der Waals surface area contributed by atoms with Gasteiger partial charge in [-0.25, -0.2) is 9.97 Å². The van der Waals surface area contributed by atoms with Crippen molar-refractivity contribution in [3.05, 3.63) is 34.9 Å². The average Bonchev–Trinajstić information content (AvgIpc) is 2.42. The summed E-state index contributed by atoms with van der Waals surface area (Å²) in [4.78, 5) is 20.0. The zero-order valence-electron chi connectivity index (χ0n) is 12.0. The van der Waals surface area contributed by atoms with Crippen molar-refractivity contribution in [2.45, 2.75) is 18.5 Å². The lowest BCUT2D eigenvalue weighted by molar-refractivity contribution is -0.115. The second kappa shape index (κ2) is 7.33. The second-order valence-electron chi connectivity index (χ2n) is 4.61. The number of nitrogens with one attached hydrogen (secondary N) is 1. The fourth-order valence-corrected chi connectivity index (χ4v) is 2.69. The van der Waals surface area contributed by atoms with Crippen molar-refractivity contribution in [2.75, 3.05) is 22.5 Å². The van der Waals surface area contributed by atoms with Gasteiger partial charge in [0.1, 0.15) is 11.6 Å². The number of thioether (sulfide) groups is 1. The third kappa shape index (κ3) is 4.78. The van der Waals surface area contributed by atoms with Crippen LogP contribution in [0.4, 0.5) is 17.3 Å². The molecule has 1 aromatic heterocycles. The molecule has 22 heavy (non-hydrogen) atoms. The van der Waals surface area contributed by atoms with E-state index in [2.05, 4.69) is 15.3 Å². The lowest BCUT2D eigenvalue weighted by Crippen LogP contribution is -2.13. The number of carbonyl (C=O) groups excluding carboxylic acids is 1. The summed E-state index contributed by atoms with van der Waals surface area (Å²) in [6.07, 6.45) is 0.314. The molecule has 6 nitrogen and oxygen atoms in total. The van der Waals surface area contributed by atoms with Crippen LogP contribution in [0.15, 0.2) is 29.4 Å². The van der Waals surface area contributed by atoms with Crippen LogP contribution in [-0.2, 0) is 4.79 Å². The van der Waals surface area contributed by atoms with Crippen LogP contribution in [0.5, 0.6) is 0 Å². The lowest BCUT2D eigenvalue weighted by atomic mass is 10.2. The Morgan fingerprint density at radius 1 is 1.27 bits per heavy atom. The van der Waals surface area contributed by atoms with Gasteiger partial charge in [-0.2, -0.15) is 0 Å². The molecular formula is C14H16ClN5OS.